The van der Waals surface area contributed by atoms with Gasteiger partial charge in [-0.05, 0) is 89.0 Å². The lowest BCUT2D eigenvalue weighted by molar-refractivity contribution is 1.37. The Balaban J connectivity index is 1.21. The van der Waals surface area contributed by atoms with E-state index in [-0.39, 0.29) is 0 Å². The van der Waals surface area contributed by atoms with Crippen LogP contribution in [0.5, 0.6) is 0 Å². The molecule has 0 N–H and O–H groups in total. The minimum atomic E-state index is 0.930. The van der Waals surface area contributed by atoms with Gasteiger partial charge in [0.15, 0.2) is 0 Å². The van der Waals surface area contributed by atoms with Gasteiger partial charge in [0.1, 0.15) is 0 Å². The van der Waals surface area contributed by atoms with Crippen molar-refractivity contribution in [2.24, 2.45) is 0 Å². The quantitative estimate of drug-likeness (QED) is 0.184. The van der Waals surface area contributed by atoms with Crippen LogP contribution in [0.2, 0.25) is 0 Å². The van der Waals surface area contributed by atoms with Gasteiger partial charge in [-0.25, -0.2) is 4.98 Å². The Kier molecular flexibility index (Phi) is 5.65. The smallest absolute Gasteiger partial charge is 0.0972 e. The van der Waals surface area contributed by atoms with Crippen molar-refractivity contribution in [3.05, 3.63) is 146 Å². The summed E-state index contributed by atoms with van der Waals surface area (Å²) in [6.45, 7) is 0. The largest absolute Gasteiger partial charge is 0.254 e. The van der Waals surface area contributed by atoms with Gasteiger partial charge in [-0.1, -0.05) is 72.8 Å². The summed E-state index contributed by atoms with van der Waals surface area (Å²) in [5.41, 5.74) is 8.66. The highest BCUT2D eigenvalue weighted by molar-refractivity contribution is 7.26. The van der Waals surface area contributed by atoms with Crippen LogP contribution in [0.1, 0.15) is 0 Å². The van der Waals surface area contributed by atoms with Crippen molar-refractivity contribution in [1.29, 1.82) is 0 Å². The predicted octanol–water partition coefficient (Wildman–Crippen LogP) is 12.5. The Morgan fingerprint density at radius 2 is 0.913 bits per heavy atom. The topological polar surface area (TPSA) is 25.8 Å². The summed E-state index contributed by atoms with van der Waals surface area (Å²) >= 11 is 3.71. The molecular formula is C42H24N2S2. The molecule has 0 bridgehead atoms. The van der Waals surface area contributed by atoms with Gasteiger partial charge in [-0.2, -0.15) is 0 Å². The summed E-state index contributed by atoms with van der Waals surface area (Å²) < 4.78 is 5.27. The molecule has 0 spiro atoms. The van der Waals surface area contributed by atoms with Crippen molar-refractivity contribution in [2.75, 3.05) is 0 Å². The zero-order valence-corrected chi connectivity index (χ0v) is 26.2. The van der Waals surface area contributed by atoms with Gasteiger partial charge >= 0.3 is 0 Å². The van der Waals surface area contributed by atoms with E-state index in [1.165, 1.54) is 62.6 Å². The molecule has 0 aliphatic heterocycles. The first-order chi connectivity index (χ1) is 22.7. The van der Waals surface area contributed by atoms with Gasteiger partial charge in [-0.15, -0.1) is 22.7 Å². The van der Waals surface area contributed by atoms with Crippen molar-refractivity contribution in [2.45, 2.75) is 0 Å². The summed E-state index contributed by atoms with van der Waals surface area (Å²) in [7, 11) is 0. The van der Waals surface area contributed by atoms with Crippen molar-refractivity contribution in [3.8, 4) is 33.5 Å². The van der Waals surface area contributed by atoms with Crippen molar-refractivity contribution in [3.63, 3.8) is 0 Å². The Bertz CT molecular complexity index is 2690. The number of aromatic nitrogens is 2. The maximum Gasteiger partial charge on any atom is 0.0972 e. The molecule has 0 unspecified atom stereocenters. The van der Waals surface area contributed by atoms with Crippen LogP contribution in [0, 0.1) is 0 Å². The Morgan fingerprint density at radius 3 is 1.57 bits per heavy atom. The summed E-state index contributed by atoms with van der Waals surface area (Å²) in [4.78, 5) is 9.96. The van der Waals surface area contributed by atoms with Crippen LogP contribution in [-0.2, 0) is 0 Å². The van der Waals surface area contributed by atoms with E-state index in [1.807, 2.05) is 34.9 Å². The van der Waals surface area contributed by atoms with Crippen LogP contribution in [0.3, 0.4) is 0 Å². The molecule has 0 aliphatic carbocycles. The molecule has 0 saturated heterocycles. The fourth-order valence-electron chi connectivity index (χ4n) is 6.80. The van der Waals surface area contributed by atoms with Crippen LogP contribution in [0.25, 0.3) is 95.7 Å². The maximum atomic E-state index is 5.25. The first kappa shape index (κ1) is 25.9. The van der Waals surface area contributed by atoms with Crippen LogP contribution >= 0.6 is 22.7 Å². The first-order valence-corrected chi connectivity index (χ1v) is 17.0. The molecule has 0 amide bonds. The van der Waals surface area contributed by atoms with E-state index in [1.54, 1.807) is 0 Å². The summed E-state index contributed by atoms with van der Waals surface area (Å²) in [5, 5.41) is 7.42. The average molecular weight is 621 g/mol. The highest BCUT2D eigenvalue weighted by Crippen LogP contribution is 2.41. The second kappa shape index (κ2) is 10.0. The van der Waals surface area contributed by atoms with E-state index in [0.29, 0.717) is 0 Å². The van der Waals surface area contributed by atoms with Crippen LogP contribution in [-0.4, -0.2) is 9.97 Å². The van der Waals surface area contributed by atoms with E-state index >= 15 is 0 Å². The lowest BCUT2D eigenvalue weighted by Crippen LogP contribution is -1.91. The molecule has 4 aromatic heterocycles. The zero-order valence-electron chi connectivity index (χ0n) is 24.6. The minimum Gasteiger partial charge on any atom is -0.254 e. The molecule has 0 saturated carbocycles. The normalized spacial score (nSPS) is 11.9. The molecule has 0 fully saturated rings. The molecular weight excluding hydrogens is 597 g/mol. The van der Waals surface area contributed by atoms with Gasteiger partial charge in [0, 0.05) is 62.9 Å². The third kappa shape index (κ3) is 4.08. The van der Waals surface area contributed by atoms with E-state index in [4.69, 9.17) is 9.97 Å². The number of pyridine rings is 2. The second-order valence-electron chi connectivity index (χ2n) is 11.8. The second-order valence-corrected chi connectivity index (χ2v) is 14.0. The van der Waals surface area contributed by atoms with Crippen molar-refractivity contribution < 1.29 is 0 Å². The van der Waals surface area contributed by atoms with E-state index < -0.39 is 0 Å². The van der Waals surface area contributed by atoms with E-state index in [2.05, 4.69) is 133 Å². The summed E-state index contributed by atoms with van der Waals surface area (Å²) in [5.74, 6) is 0. The van der Waals surface area contributed by atoms with Gasteiger partial charge < -0.3 is 0 Å². The number of benzene rings is 6. The SMILES string of the molecule is c1cnc2c(c1)ccc1ccc(-c3cc(-c4ccc5sc6ccccc6c5c4)cc(-c4ccc5sc6ccccc6c5c4)c3)nc12. The Hall–Kier alpha value is -5.42. The predicted molar refractivity (Wildman–Crippen MR) is 199 cm³/mol. The Labute approximate surface area is 272 Å². The fourth-order valence-corrected chi connectivity index (χ4v) is 8.98. The molecule has 0 radical (unpaired) electrons. The molecule has 0 aliphatic rings. The Morgan fingerprint density at radius 1 is 0.370 bits per heavy atom. The monoisotopic (exact) mass is 620 g/mol. The molecule has 2 nitrogen and oxygen atoms in total. The lowest BCUT2D eigenvalue weighted by atomic mass is 9.93. The van der Waals surface area contributed by atoms with Gasteiger partial charge in [0.05, 0.1) is 16.7 Å². The number of rotatable bonds is 3. The molecule has 6 aromatic carbocycles. The van der Waals surface area contributed by atoms with Gasteiger partial charge in [0.25, 0.3) is 0 Å². The standard InChI is InChI=1S/C42H24N2S2/c1-3-9-37-32(7-1)34-23-27(14-17-39(34)45-37)29-20-30(28-15-18-40-35(24-28)33-8-2-4-10-38(33)46-40)22-31(21-29)36-16-13-26-12-11-25-6-5-19-43-41(25)42(26)44-36/h1-24H. The summed E-state index contributed by atoms with van der Waals surface area (Å²) in [6.07, 6.45) is 1.85. The summed E-state index contributed by atoms with van der Waals surface area (Å²) in [6, 6.07) is 50.8. The molecule has 4 heterocycles. The first-order valence-electron chi connectivity index (χ1n) is 15.4. The molecule has 214 valence electrons. The van der Waals surface area contributed by atoms with Gasteiger partial charge in [0.2, 0.25) is 0 Å². The number of hydrogen-bond acceptors (Lipinski definition) is 4. The molecule has 10 aromatic rings. The third-order valence-corrected chi connectivity index (χ3v) is 11.4. The molecule has 10 rings (SSSR count). The number of thiophene rings is 2. The fraction of sp³-hybridized carbons (Fsp3) is 0. The average Bonchev–Trinajstić information content (AvgIpc) is 3.69. The van der Waals surface area contributed by atoms with Crippen molar-refractivity contribution >= 4 is 84.8 Å². The van der Waals surface area contributed by atoms with E-state index in [9.17, 15) is 0 Å². The minimum absolute atomic E-state index is 0.930. The third-order valence-electron chi connectivity index (χ3n) is 9.08. The van der Waals surface area contributed by atoms with Crippen molar-refractivity contribution in [1.82, 2.24) is 9.97 Å². The van der Waals surface area contributed by atoms with Crippen LogP contribution in [0.15, 0.2) is 146 Å². The van der Waals surface area contributed by atoms with Gasteiger partial charge in [-0.3, -0.25) is 4.98 Å². The van der Waals surface area contributed by atoms with Crippen LogP contribution in [0.4, 0.5) is 0 Å². The highest BCUT2D eigenvalue weighted by atomic mass is 32.1. The lowest BCUT2D eigenvalue weighted by Gasteiger charge is -2.12. The van der Waals surface area contributed by atoms with Crippen LogP contribution < -0.4 is 0 Å². The van der Waals surface area contributed by atoms with E-state index in [0.717, 1.165) is 33.1 Å². The zero-order chi connectivity index (χ0) is 30.2. The number of fused-ring (bicyclic) bond motifs is 9. The number of nitrogens with zero attached hydrogens (tertiary/aromatic N) is 2. The highest BCUT2D eigenvalue weighted by Gasteiger charge is 2.14. The molecule has 4 heteroatoms. The number of hydrogen-bond donors (Lipinski definition) is 0. The molecule has 0 atom stereocenters. The molecule has 46 heavy (non-hydrogen) atoms. The maximum absolute atomic E-state index is 5.25.